The lowest BCUT2D eigenvalue weighted by molar-refractivity contribution is 0.00672. The van der Waals surface area contributed by atoms with Crippen LogP contribution in [0.1, 0.15) is 25.3 Å². The van der Waals surface area contributed by atoms with Gasteiger partial charge in [-0.15, -0.1) is 0 Å². The molecule has 0 heterocycles. The molecule has 120 valence electrons. The third-order valence-corrected chi connectivity index (χ3v) is 3.24. The topological polar surface area (TPSA) is 52.9 Å². The van der Waals surface area contributed by atoms with Gasteiger partial charge in [-0.25, -0.2) is 4.39 Å². The highest BCUT2D eigenvalue weighted by Crippen LogP contribution is 2.08. The van der Waals surface area contributed by atoms with Gasteiger partial charge in [-0.1, -0.05) is 31.5 Å². The highest BCUT2D eigenvalue weighted by molar-refractivity contribution is 5.16. The number of ether oxygens (including phenoxy) is 1. The van der Waals surface area contributed by atoms with Crippen molar-refractivity contribution < 1.29 is 19.3 Å². The molecule has 0 unspecified atom stereocenters. The Labute approximate surface area is 126 Å². The van der Waals surface area contributed by atoms with Gasteiger partial charge < -0.3 is 14.9 Å². The molecular weight excluding hydrogens is 273 g/mol. The minimum atomic E-state index is -0.639. The third-order valence-electron chi connectivity index (χ3n) is 3.24. The molecule has 1 atom stereocenters. The molecule has 0 saturated heterocycles. The van der Waals surface area contributed by atoms with Gasteiger partial charge in [0.05, 0.1) is 25.9 Å². The quantitative estimate of drug-likeness (QED) is 0.654. The molecule has 0 amide bonds. The van der Waals surface area contributed by atoms with Gasteiger partial charge in [-0.3, -0.25) is 4.90 Å². The van der Waals surface area contributed by atoms with Crippen LogP contribution in [0.25, 0.3) is 0 Å². The Hall–Kier alpha value is -1.01. The first kappa shape index (κ1) is 18.0. The molecule has 0 spiro atoms. The largest absolute Gasteiger partial charge is 0.395 e. The molecule has 1 aromatic rings. The van der Waals surface area contributed by atoms with Crippen LogP contribution in [-0.2, 0) is 11.3 Å². The van der Waals surface area contributed by atoms with E-state index in [1.165, 1.54) is 6.07 Å². The molecule has 1 aromatic carbocycles. The average molecular weight is 299 g/mol. The fraction of sp³-hybridized carbons (Fsp3) is 0.625. The summed E-state index contributed by atoms with van der Waals surface area (Å²) in [4.78, 5) is 2.01. The molecule has 1 rings (SSSR count). The van der Waals surface area contributed by atoms with Crippen molar-refractivity contribution in [1.29, 1.82) is 0 Å². The van der Waals surface area contributed by atoms with E-state index in [2.05, 4.69) is 6.92 Å². The molecule has 0 aliphatic rings. The first-order valence-electron chi connectivity index (χ1n) is 7.49. The maximum Gasteiger partial charge on any atom is 0.128 e. The summed E-state index contributed by atoms with van der Waals surface area (Å²) in [6, 6.07) is 6.45. The smallest absolute Gasteiger partial charge is 0.128 e. The Morgan fingerprint density at radius 3 is 2.71 bits per heavy atom. The number of aliphatic hydroxyl groups is 2. The van der Waals surface area contributed by atoms with E-state index >= 15 is 0 Å². The number of rotatable bonds is 11. The second-order valence-electron chi connectivity index (χ2n) is 5.14. The predicted octanol–water partition coefficient (Wildman–Crippen LogP) is 1.80. The summed E-state index contributed by atoms with van der Waals surface area (Å²) >= 11 is 0. The van der Waals surface area contributed by atoms with Gasteiger partial charge in [-0.2, -0.15) is 0 Å². The number of aliphatic hydroxyl groups excluding tert-OH is 2. The summed E-state index contributed by atoms with van der Waals surface area (Å²) in [6.45, 7) is 4.34. The van der Waals surface area contributed by atoms with Gasteiger partial charge in [0.25, 0.3) is 0 Å². The fourth-order valence-electron chi connectivity index (χ4n) is 2.09. The number of halogens is 1. The zero-order chi connectivity index (χ0) is 15.5. The molecule has 0 bridgehead atoms. The zero-order valence-corrected chi connectivity index (χ0v) is 12.7. The van der Waals surface area contributed by atoms with Crippen molar-refractivity contribution in [3.05, 3.63) is 35.6 Å². The minimum Gasteiger partial charge on any atom is -0.395 e. The number of benzene rings is 1. The van der Waals surface area contributed by atoms with E-state index in [1.54, 1.807) is 18.2 Å². The Balaban J connectivity index is 2.28. The summed E-state index contributed by atoms with van der Waals surface area (Å²) in [6.07, 6.45) is 1.46. The van der Waals surface area contributed by atoms with Crippen LogP contribution in [0.3, 0.4) is 0 Å². The van der Waals surface area contributed by atoms with Crippen LogP contribution in [-0.4, -0.2) is 54.1 Å². The molecule has 0 aliphatic heterocycles. The van der Waals surface area contributed by atoms with Crippen molar-refractivity contribution in [3.8, 4) is 0 Å². The van der Waals surface area contributed by atoms with Crippen molar-refractivity contribution >= 4 is 0 Å². The summed E-state index contributed by atoms with van der Waals surface area (Å²) in [5.74, 6) is -0.295. The summed E-state index contributed by atoms with van der Waals surface area (Å²) in [5, 5.41) is 19.0. The fourth-order valence-corrected chi connectivity index (χ4v) is 2.09. The first-order chi connectivity index (χ1) is 10.2. The maximum absolute atomic E-state index is 13.4. The van der Waals surface area contributed by atoms with Crippen molar-refractivity contribution in [3.63, 3.8) is 0 Å². The Morgan fingerprint density at radius 2 is 2.05 bits per heavy atom. The number of hydrogen-bond donors (Lipinski definition) is 2. The molecule has 0 aliphatic carbocycles. The van der Waals surface area contributed by atoms with E-state index in [9.17, 15) is 9.50 Å². The first-order valence-corrected chi connectivity index (χ1v) is 7.49. The second kappa shape index (κ2) is 10.7. The van der Waals surface area contributed by atoms with Gasteiger partial charge in [0, 0.05) is 18.7 Å². The van der Waals surface area contributed by atoms with Crippen LogP contribution >= 0.6 is 0 Å². The molecule has 0 fully saturated rings. The highest BCUT2D eigenvalue weighted by Gasteiger charge is 2.11. The predicted molar refractivity (Wildman–Crippen MR) is 80.5 cm³/mol. The third kappa shape index (κ3) is 7.52. The number of nitrogens with zero attached hydrogens (tertiary/aromatic N) is 1. The van der Waals surface area contributed by atoms with E-state index in [1.807, 2.05) is 4.90 Å². The Morgan fingerprint density at radius 1 is 1.29 bits per heavy atom. The molecule has 4 nitrogen and oxygen atoms in total. The molecular formula is C16H26FNO3. The molecule has 2 N–H and O–H groups in total. The van der Waals surface area contributed by atoms with Crippen LogP contribution in [0.5, 0.6) is 0 Å². The maximum atomic E-state index is 13.4. The van der Waals surface area contributed by atoms with E-state index in [0.29, 0.717) is 18.7 Å². The molecule has 5 heteroatoms. The molecule has 0 radical (unpaired) electrons. The molecule has 0 aromatic heterocycles. The lowest BCUT2D eigenvalue weighted by Gasteiger charge is -2.24. The Bertz CT molecular complexity index is 390. The normalized spacial score (nSPS) is 12.8. The molecule has 0 saturated carbocycles. The number of hydrogen-bond acceptors (Lipinski definition) is 4. The van der Waals surface area contributed by atoms with Crippen LogP contribution in [0.4, 0.5) is 4.39 Å². The summed E-state index contributed by atoms with van der Waals surface area (Å²) in [5.41, 5.74) is 0.489. The van der Waals surface area contributed by atoms with Crippen molar-refractivity contribution in [2.24, 2.45) is 0 Å². The monoisotopic (exact) mass is 299 g/mol. The van der Waals surface area contributed by atoms with Crippen molar-refractivity contribution in [2.45, 2.75) is 32.5 Å². The zero-order valence-electron chi connectivity index (χ0n) is 12.7. The van der Waals surface area contributed by atoms with Gasteiger partial charge >= 0.3 is 0 Å². The van der Waals surface area contributed by atoms with Crippen molar-refractivity contribution in [1.82, 2.24) is 4.90 Å². The van der Waals surface area contributed by atoms with E-state index in [4.69, 9.17) is 9.84 Å². The van der Waals surface area contributed by atoms with Crippen molar-refractivity contribution in [2.75, 3.05) is 32.8 Å². The average Bonchev–Trinajstić information content (AvgIpc) is 2.47. The van der Waals surface area contributed by atoms with Crippen LogP contribution in [0.2, 0.25) is 0 Å². The van der Waals surface area contributed by atoms with E-state index < -0.39 is 6.10 Å². The van der Waals surface area contributed by atoms with Gasteiger partial charge in [-0.05, 0) is 19.0 Å². The van der Waals surface area contributed by atoms with Gasteiger partial charge in [0.1, 0.15) is 5.82 Å². The standard InChI is InChI=1S/C16H26FNO3/c1-2-3-8-18(9-10-19)11-15(20)13-21-12-14-6-4-5-7-16(14)17/h4-7,15,19-20H,2-3,8-13H2,1H3/t15-/m0/s1. The van der Waals surface area contributed by atoms with Gasteiger partial charge in [0.15, 0.2) is 0 Å². The van der Waals surface area contributed by atoms with E-state index in [0.717, 1.165) is 19.4 Å². The lowest BCUT2D eigenvalue weighted by atomic mass is 10.2. The van der Waals surface area contributed by atoms with Crippen LogP contribution in [0, 0.1) is 5.82 Å². The summed E-state index contributed by atoms with van der Waals surface area (Å²) < 4.78 is 18.8. The highest BCUT2D eigenvalue weighted by atomic mass is 19.1. The molecule has 21 heavy (non-hydrogen) atoms. The second-order valence-corrected chi connectivity index (χ2v) is 5.14. The van der Waals surface area contributed by atoms with Crippen LogP contribution in [0.15, 0.2) is 24.3 Å². The lowest BCUT2D eigenvalue weighted by Crippen LogP contribution is -2.37. The number of unbranched alkanes of at least 4 members (excludes halogenated alkanes) is 1. The van der Waals surface area contributed by atoms with Gasteiger partial charge in [0.2, 0.25) is 0 Å². The minimum absolute atomic E-state index is 0.0759. The van der Waals surface area contributed by atoms with Crippen LogP contribution < -0.4 is 0 Å². The Kier molecular flexibility index (Phi) is 9.17. The van der Waals surface area contributed by atoms with E-state index in [-0.39, 0.29) is 25.6 Å². The summed E-state index contributed by atoms with van der Waals surface area (Å²) in [7, 11) is 0. The SMILES string of the molecule is CCCCN(CCO)C[C@H](O)COCc1ccccc1F.